The summed E-state index contributed by atoms with van der Waals surface area (Å²) in [5.74, 6) is 0.619. The largest absolute Gasteiger partial charge is 0.380 e. The Bertz CT molecular complexity index is 1450. The SMILES string of the molecule is CO[C@H](C)Cn1cc(-c2cc3nccn3c(-c3cnn(C4(CCF)CN(S(C)(=O)=O)C4)c3)n2)cn1. The van der Waals surface area contributed by atoms with Gasteiger partial charge >= 0.3 is 0 Å². The lowest BCUT2D eigenvalue weighted by molar-refractivity contribution is 0.0520. The first-order valence-corrected chi connectivity index (χ1v) is 13.0. The Morgan fingerprint density at radius 2 is 1.97 bits per heavy atom. The molecule has 0 amide bonds. The second-order valence-electron chi connectivity index (χ2n) is 8.99. The van der Waals surface area contributed by atoms with E-state index in [1.807, 2.05) is 34.5 Å². The van der Waals surface area contributed by atoms with Gasteiger partial charge in [-0.1, -0.05) is 0 Å². The van der Waals surface area contributed by atoms with Gasteiger partial charge in [0, 0.05) is 63.0 Å². The van der Waals surface area contributed by atoms with Gasteiger partial charge in [0.25, 0.3) is 0 Å². The molecule has 5 heterocycles. The Balaban J connectivity index is 1.50. The monoisotopic (exact) mass is 502 g/mol. The predicted molar refractivity (Wildman–Crippen MR) is 127 cm³/mol. The van der Waals surface area contributed by atoms with Crippen LogP contribution in [0.4, 0.5) is 4.39 Å². The zero-order valence-corrected chi connectivity index (χ0v) is 20.6. The van der Waals surface area contributed by atoms with Gasteiger partial charge in [-0.2, -0.15) is 14.5 Å². The highest BCUT2D eigenvalue weighted by Gasteiger charge is 2.48. The number of imidazole rings is 1. The molecule has 35 heavy (non-hydrogen) atoms. The molecule has 0 unspecified atom stereocenters. The van der Waals surface area contributed by atoms with Gasteiger partial charge in [-0.15, -0.1) is 0 Å². The van der Waals surface area contributed by atoms with Crippen LogP contribution in [0.15, 0.2) is 43.2 Å². The van der Waals surface area contributed by atoms with Crippen molar-refractivity contribution in [3.8, 4) is 22.6 Å². The molecule has 5 rings (SSSR count). The fourth-order valence-electron chi connectivity index (χ4n) is 4.34. The lowest BCUT2D eigenvalue weighted by Gasteiger charge is -2.48. The number of methoxy groups -OCH3 is 1. The first-order chi connectivity index (χ1) is 16.7. The molecular weight excluding hydrogens is 475 g/mol. The molecule has 11 nitrogen and oxygen atoms in total. The van der Waals surface area contributed by atoms with Gasteiger partial charge in [-0.3, -0.25) is 18.2 Å². The van der Waals surface area contributed by atoms with Crippen molar-refractivity contribution in [1.29, 1.82) is 0 Å². The van der Waals surface area contributed by atoms with Gasteiger partial charge in [-0.05, 0) is 6.92 Å². The van der Waals surface area contributed by atoms with E-state index in [2.05, 4.69) is 15.2 Å². The standard InChI is InChI=1S/C22H27FN8O3S/c1-16(34-2)11-28-12-17(9-25-28)19-8-20-24-6-7-30(20)21(27-19)18-10-26-31(13-18)22(4-5-23)14-29(15-22)35(3,32)33/h6-10,12-13,16H,4-5,11,14-15H2,1-3H3/t16-/m1/s1. The van der Waals surface area contributed by atoms with E-state index in [0.29, 0.717) is 29.3 Å². The van der Waals surface area contributed by atoms with Crippen LogP contribution in [-0.4, -0.2) is 85.9 Å². The average Bonchev–Trinajstić information content (AvgIpc) is 3.54. The smallest absolute Gasteiger partial charge is 0.211 e. The first kappa shape index (κ1) is 23.6. The Kier molecular flexibility index (Phi) is 5.93. The van der Waals surface area contributed by atoms with Crippen molar-refractivity contribution in [3.05, 3.63) is 43.2 Å². The topological polar surface area (TPSA) is 112 Å². The number of ether oxygens (including phenoxy) is 1. The number of rotatable bonds is 9. The highest BCUT2D eigenvalue weighted by Crippen LogP contribution is 2.35. The molecule has 1 saturated heterocycles. The fraction of sp³-hybridized carbons (Fsp3) is 0.455. The van der Waals surface area contributed by atoms with Crippen LogP contribution in [-0.2, 0) is 26.8 Å². The summed E-state index contributed by atoms with van der Waals surface area (Å²) in [5, 5.41) is 8.90. The minimum Gasteiger partial charge on any atom is -0.380 e. The lowest BCUT2D eigenvalue weighted by atomic mass is 9.89. The number of hydrogen-bond acceptors (Lipinski definition) is 7. The summed E-state index contributed by atoms with van der Waals surface area (Å²) in [6.45, 7) is 2.38. The molecule has 0 radical (unpaired) electrons. The van der Waals surface area contributed by atoms with E-state index in [-0.39, 0.29) is 25.6 Å². The summed E-state index contributed by atoms with van der Waals surface area (Å²) in [7, 11) is -1.68. The summed E-state index contributed by atoms with van der Waals surface area (Å²) >= 11 is 0. The molecule has 1 atom stereocenters. The van der Waals surface area contributed by atoms with Crippen LogP contribution in [0, 0.1) is 0 Å². The Morgan fingerprint density at radius 1 is 1.20 bits per heavy atom. The van der Waals surface area contributed by atoms with Crippen molar-refractivity contribution in [2.24, 2.45) is 0 Å². The quantitative estimate of drug-likeness (QED) is 0.343. The van der Waals surface area contributed by atoms with E-state index in [9.17, 15) is 12.8 Å². The van der Waals surface area contributed by atoms with Crippen molar-refractivity contribution >= 4 is 15.7 Å². The molecule has 0 bridgehead atoms. The Labute approximate surface area is 202 Å². The number of halogens is 1. The maximum Gasteiger partial charge on any atom is 0.211 e. The van der Waals surface area contributed by atoms with E-state index < -0.39 is 22.2 Å². The molecule has 1 fully saturated rings. The van der Waals surface area contributed by atoms with Gasteiger partial charge < -0.3 is 4.74 Å². The van der Waals surface area contributed by atoms with E-state index in [4.69, 9.17) is 9.72 Å². The number of sulfonamides is 1. The third-order valence-corrected chi connectivity index (χ3v) is 7.66. The summed E-state index contributed by atoms with van der Waals surface area (Å²) in [6, 6.07) is 1.88. The Morgan fingerprint density at radius 3 is 2.69 bits per heavy atom. The molecule has 1 aliphatic rings. The third-order valence-electron chi connectivity index (χ3n) is 6.46. The number of alkyl halides is 1. The van der Waals surface area contributed by atoms with Crippen molar-refractivity contribution in [2.75, 3.05) is 33.1 Å². The van der Waals surface area contributed by atoms with Crippen molar-refractivity contribution < 1.29 is 17.5 Å². The van der Waals surface area contributed by atoms with Gasteiger partial charge in [0.15, 0.2) is 0 Å². The van der Waals surface area contributed by atoms with Crippen LogP contribution < -0.4 is 0 Å². The summed E-state index contributed by atoms with van der Waals surface area (Å²) in [5.41, 5.74) is 2.24. The first-order valence-electron chi connectivity index (χ1n) is 11.2. The van der Waals surface area contributed by atoms with Gasteiger partial charge in [0.1, 0.15) is 11.5 Å². The van der Waals surface area contributed by atoms with Gasteiger partial charge in [0.05, 0.1) is 54.8 Å². The summed E-state index contributed by atoms with van der Waals surface area (Å²) < 4.78 is 49.2. The van der Waals surface area contributed by atoms with Gasteiger partial charge in [-0.25, -0.2) is 18.4 Å². The number of aromatic nitrogens is 7. The molecule has 186 valence electrons. The average molecular weight is 503 g/mol. The zero-order valence-electron chi connectivity index (χ0n) is 19.7. The summed E-state index contributed by atoms with van der Waals surface area (Å²) in [4.78, 5) is 9.30. The van der Waals surface area contributed by atoms with Crippen molar-refractivity contribution in [2.45, 2.75) is 31.5 Å². The molecule has 0 spiro atoms. The van der Waals surface area contributed by atoms with E-state index in [0.717, 1.165) is 11.8 Å². The second-order valence-corrected chi connectivity index (χ2v) is 11.0. The fourth-order valence-corrected chi connectivity index (χ4v) is 5.29. The van der Waals surface area contributed by atoms with Crippen LogP contribution in [0.5, 0.6) is 0 Å². The molecule has 0 aliphatic carbocycles. The minimum atomic E-state index is -3.34. The maximum atomic E-state index is 13.4. The van der Waals surface area contributed by atoms with E-state index in [1.165, 1.54) is 4.31 Å². The third kappa shape index (κ3) is 4.34. The number of nitrogens with zero attached hydrogens (tertiary/aromatic N) is 8. The zero-order chi connectivity index (χ0) is 24.8. The maximum absolute atomic E-state index is 13.4. The molecule has 0 N–H and O–H groups in total. The molecule has 4 aromatic heterocycles. The highest BCUT2D eigenvalue weighted by molar-refractivity contribution is 7.88. The minimum absolute atomic E-state index is 0.0219. The molecular formula is C22H27FN8O3S. The molecule has 1 aliphatic heterocycles. The molecule has 0 aromatic carbocycles. The second kappa shape index (κ2) is 8.81. The van der Waals surface area contributed by atoms with Crippen LogP contribution >= 0.6 is 0 Å². The van der Waals surface area contributed by atoms with Crippen molar-refractivity contribution in [1.82, 2.24) is 38.2 Å². The van der Waals surface area contributed by atoms with Crippen LogP contribution in [0.25, 0.3) is 28.3 Å². The van der Waals surface area contributed by atoms with Crippen LogP contribution in [0.1, 0.15) is 13.3 Å². The predicted octanol–water partition coefficient (Wildman–Crippen LogP) is 1.82. The molecule has 4 aromatic rings. The number of fused-ring (bicyclic) bond motifs is 1. The lowest BCUT2D eigenvalue weighted by Crippen LogP contribution is -2.64. The highest BCUT2D eigenvalue weighted by atomic mass is 32.2. The van der Waals surface area contributed by atoms with Crippen LogP contribution in [0.2, 0.25) is 0 Å². The van der Waals surface area contributed by atoms with Crippen molar-refractivity contribution in [3.63, 3.8) is 0 Å². The molecule has 0 saturated carbocycles. The van der Waals surface area contributed by atoms with Crippen LogP contribution in [0.3, 0.4) is 0 Å². The normalized spacial score (nSPS) is 17.0. The van der Waals surface area contributed by atoms with Gasteiger partial charge in [0.2, 0.25) is 10.0 Å². The van der Waals surface area contributed by atoms with E-state index >= 15 is 0 Å². The van der Waals surface area contributed by atoms with E-state index in [1.54, 1.807) is 36.6 Å². The Hall–Kier alpha value is -3.16. The number of hydrogen-bond donors (Lipinski definition) is 0. The molecule has 13 heteroatoms. The summed E-state index contributed by atoms with van der Waals surface area (Å²) in [6.07, 6.45) is 12.0.